The molecule has 0 fully saturated rings. The Balaban J connectivity index is 2.58. The molecular formula is C13H18N2O. The average molecular weight is 218 g/mol. The van der Waals surface area contributed by atoms with Crippen molar-refractivity contribution < 1.29 is 5.11 Å². The van der Waals surface area contributed by atoms with Crippen molar-refractivity contribution in [2.24, 2.45) is 5.92 Å². The van der Waals surface area contributed by atoms with Crippen LogP contribution >= 0.6 is 0 Å². The molecule has 1 rings (SSSR count). The van der Waals surface area contributed by atoms with Gasteiger partial charge in [0, 0.05) is 19.2 Å². The molecule has 0 aliphatic carbocycles. The van der Waals surface area contributed by atoms with Gasteiger partial charge in [0.05, 0.1) is 12.5 Å². The second-order valence-electron chi connectivity index (χ2n) is 4.02. The topological polar surface area (TPSA) is 56.0 Å². The highest BCUT2D eigenvalue weighted by molar-refractivity contribution is 5.19. The lowest BCUT2D eigenvalue weighted by Crippen LogP contribution is -2.27. The van der Waals surface area contributed by atoms with Crippen LogP contribution in [0.2, 0.25) is 0 Å². The van der Waals surface area contributed by atoms with Crippen LogP contribution in [0.3, 0.4) is 0 Å². The molecule has 0 aromatic heterocycles. The summed E-state index contributed by atoms with van der Waals surface area (Å²) < 4.78 is 0. The fourth-order valence-corrected chi connectivity index (χ4v) is 1.49. The van der Waals surface area contributed by atoms with Gasteiger partial charge in [-0.3, -0.25) is 0 Å². The van der Waals surface area contributed by atoms with Crippen molar-refractivity contribution >= 4 is 0 Å². The van der Waals surface area contributed by atoms with Gasteiger partial charge in [-0.2, -0.15) is 5.26 Å². The molecule has 0 bridgehead atoms. The van der Waals surface area contributed by atoms with Gasteiger partial charge in [0.25, 0.3) is 0 Å². The summed E-state index contributed by atoms with van der Waals surface area (Å²) in [7, 11) is 0. The summed E-state index contributed by atoms with van der Waals surface area (Å²) in [6.45, 7) is 2.86. The van der Waals surface area contributed by atoms with E-state index in [0.29, 0.717) is 6.42 Å². The molecule has 3 nitrogen and oxygen atoms in total. The molecule has 0 heterocycles. The van der Waals surface area contributed by atoms with Crippen LogP contribution in [0.1, 0.15) is 24.9 Å². The maximum Gasteiger partial charge on any atom is 0.0641 e. The Morgan fingerprint density at radius 3 is 2.62 bits per heavy atom. The van der Waals surface area contributed by atoms with E-state index >= 15 is 0 Å². The molecule has 2 N–H and O–H groups in total. The zero-order valence-electron chi connectivity index (χ0n) is 9.56. The summed E-state index contributed by atoms with van der Waals surface area (Å²) in [5, 5.41) is 21.0. The Bertz CT molecular complexity index is 332. The minimum Gasteiger partial charge on any atom is -0.396 e. The first-order valence-electron chi connectivity index (χ1n) is 5.54. The van der Waals surface area contributed by atoms with Crippen LogP contribution in [0.25, 0.3) is 0 Å². The van der Waals surface area contributed by atoms with Crippen molar-refractivity contribution in [2.45, 2.75) is 19.4 Å². The highest BCUT2D eigenvalue weighted by atomic mass is 16.3. The minimum atomic E-state index is 0.0557. The van der Waals surface area contributed by atoms with Gasteiger partial charge in [0.2, 0.25) is 0 Å². The van der Waals surface area contributed by atoms with Gasteiger partial charge >= 0.3 is 0 Å². The van der Waals surface area contributed by atoms with Gasteiger partial charge in [-0.1, -0.05) is 37.3 Å². The first-order valence-corrected chi connectivity index (χ1v) is 5.54. The molecule has 0 saturated carbocycles. The molecule has 1 aromatic carbocycles. The van der Waals surface area contributed by atoms with E-state index in [9.17, 15) is 0 Å². The molecular weight excluding hydrogens is 200 g/mol. The van der Waals surface area contributed by atoms with Gasteiger partial charge in [-0.15, -0.1) is 0 Å². The zero-order chi connectivity index (χ0) is 11.8. The highest BCUT2D eigenvalue weighted by Gasteiger charge is 2.11. The second-order valence-corrected chi connectivity index (χ2v) is 4.02. The van der Waals surface area contributed by atoms with Gasteiger partial charge in [0.15, 0.2) is 0 Å². The van der Waals surface area contributed by atoms with Crippen LogP contribution in [-0.2, 0) is 0 Å². The normalized spacial score (nSPS) is 14.1. The second kappa shape index (κ2) is 7.00. The Morgan fingerprint density at radius 1 is 1.38 bits per heavy atom. The number of nitriles is 1. The maximum atomic E-state index is 8.94. The van der Waals surface area contributed by atoms with E-state index in [-0.39, 0.29) is 18.6 Å². The zero-order valence-corrected chi connectivity index (χ0v) is 9.56. The molecule has 3 heteroatoms. The lowest BCUT2D eigenvalue weighted by molar-refractivity contribution is 0.230. The summed E-state index contributed by atoms with van der Waals surface area (Å²) >= 11 is 0. The third-order valence-electron chi connectivity index (χ3n) is 2.52. The minimum absolute atomic E-state index is 0.0557. The number of nitrogens with zero attached hydrogens (tertiary/aromatic N) is 1. The molecule has 2 atom stereocenters. The highest BCUT2D eigenvalue weighted by Crippen LogP contribution is 2.15. The molecule has 0 aliphatic rings. The van der Waals surface area contributed by atoms with E-state index in [2.05, 4.69) is 11.4 Å². The van der Waals surface area contributed by atoms with Crippen LogP contribution in [0.15, 0.2) is 30.3 Å². The van der Waals surface area contributed by atoms with E-state index in [0.717, 1.165) is 12.1 Å². The van der Waals surface area contributed by atoms with E-state index in [1.807, 2.05) is 37.3 Å². The van der Waals surface area contributed by atoms with Crippen LogP contribution < -0.4 is 5.32 Å². The summed E-state index contributed by atoms with van der Waals surface area (Å²) in [6, 6.07) is 12.2. The predicted molar refractivity (Wildman–Crippen MR) is 63.7 cm³/mol. The molecule has 86 valence electrons. The molecule has 0 aliphatic heterocycles. The Hall–Kier alpha value is -1.37. The van der Waals surface area contributed by atoms with E-state index in [1.54, 1.807) is 0 Å². The molecule has 0 spiro atoms. The summed E-state index contributed by atoms with van der Waals surface area (Å²) in [5.74, 6) is 0.213. The van der Waals surface area contributed by atoms with Crippen molar-refractivity contribution in [1.29, 1.82) is 5.26 Å². The number of benzene rings is 1. The SMILES string of the molecule is CC(CO)CNC(CC#N)c1ccccc1. The molecule has 0 amide bonds. The van der Waals surface area contributed by atoms with Gasteiger partial charge in [0.1, 0.15) is 0 Å². The number of hydrogen-bond donors (Lipinski definition) is 2. The Labute approximate surface area is 96.7 Å². The van der Waals surface area contributed by atoms with Crippen molar-refractivity contribution in [2.75, 3.05) is 13.2 Å². The average Bonchev–Trinajstić information content (AvgIpc) is 2.35. The van der Waals surface area contributed by atoms with Gasteiger partial charge in [-0.05, 0) is 11.5 Å². The summed E-state index contributed by atoms with van der Waals surface area (Å²) in [6.07, 6.45) is 0.447. The summed E-state index contributed by atoms with van der Waals surface area (Å²) in [4.78, 5) is 0. The number of nitrogens with one attached hydrogen (secondary N) is 1. The number of rotatable bonds is 6. The van der Waals surface area contributed by atoms with Crippen molar-refractivity contribution in [3.05, 3.63) is 35.9 Å². The third kappa shape index (κ3) is 4.01. The van der Waals surface area contributed by atoms with E-state index < -0.39 is 0 Å². The van der Waals surface area contributed by atoms with E-state index in [1.165, 1.54) is 0 Å². The molecule has 0 radical (unpaired) electrons. The smallest absolute Gasteiger partial charge is 0.0641 e. The Morgan fingerprint density at radius 2 is 2.06 bits per heavy atom. The maximum absolute atomic E-state index is 8.94. The van der Waals surface area contributed by atoms with E-state index in [4.69, 9.17) is 10.4 Å². The monoisotopic (exact) mass is 218 g/mol. The number of hydrogen-bond acceptors (Lipinski definition) is 3. The molecule has 1 aromatic rings. The van der Waals surface area contributed by atoms with Crippen molar-refractivity contribution in [3.8, 4) is 6.07 Å². The van der Waals surface area contributed by atoms with Crippen molar-refractivity contribution in [3.63, 3.8) is 0 Å². The number of aliphatic hydroxyl groups excluding tert-OH is 1. The summed E-state index contributed by atoms with van der Waals surface area (Å²) in [5.41, 5.74) is 1.12. The third-order valence-corrected chi connectivity index (χ3v) is 2.52. The first kappa shape index (κ1) is 12.7. The van der Waals surface area contributed by atoms with Crippen LogP contribution in [0.4, 0.5) is 0 Å². The molecule has 2 unspecified atom stereocenters. The Kier molecular flexibility index (Phi) is 5.55. The van der Waals surface area contributed by atoms with Crippen LogP contribution in [-0.4, -0.2) is 18.3 Å². The number of aliphatic hydroxyl groups is 1. The standard InChI is InChI=1S/C13H18N2O/c1-11(10-16)9-15-13(7-8-14)12-5-3-2-4-6-12/h2-6,11,13,15-16H,7,9-10H2,1H3. The molecule has 16 heavy (non-hydrogen) atoms. The van der Waals surface area contributed by atoms with Crippen LogP contribution in [0, 0.1) is 17.2 Å². The lowest BCUT2D eigenvalue weighted by Gasteiger charge is -2.18. The predicted octanol–water partition coefficient (Wildman–Crippen LogP) is 1.86. The van der Waals surface area contributed by atoms with Crippen molar-refractivity contribution in [1.82, 2.24) is 5.32 Å². The fraction of sp³-hybridized carbons (Fsp3) is 0.462. The van der Waals surface area contributed by atoms with Gasteiger partial charge in [-0.25, -0.2) is 0 Å². The van der Waals surface area contributed by atoms with Gasteiger partial charge < -0.3 is 10.4 Å². The molecule has 0 saturated heterocycles. The lowest BCUT2D eigenvalue weighted by atomic mass is 10.0. The first-order chi connectivity index (χ1) is 7.77. The van der Waals surface area contributed by atoms with Crippen LogP contribution in [0.5, 0.6) is 0 Å². The largest absolute Gasteiger partial charge is 0.396 e. The quantitative estimate of drug-likeness (QED) is 0.766. The fourth-order valence-electron chi connectivity index (χ4n) is 1.49.